The topological polar surface area (TPSA) is 59.8 Å². The highest BCUT2D eigenvalue weighted by Gasteiger charge is 2.07. The highest BCUT2D eigenvalue weighted by molar-refractivity contribution is 5.99. The first kappa shape index (κ1) is 12.3. The normalized spacial score (nSPS) is 10.7. The Labute approximate surface area is 116 Å². The van der Waals surface area contributed by atoms with Crippen molar-refractivity contribution in [2.24, 2.45) is 0 Å². The monoisotopic (exact) mass is 266 g/mol. The highest BCUT2D eigenvalue weighted by atomic mass is 16.1. The first-order chi connectivity index (χ1) is 9.75. The largest absolute Gasteiger partial charge is 0.366 e. The van der Waals surface area contributed by atoms with Gasteiger partial charge < -0.3 is 5.32 Å². The number of anilines is 1. The lowest BCUT2D eigenvalue weighted by Crippen LogP contribution is -2.11. The third-order valence-electron chi connectivity index (χ3n) is 3.15. The zero-order chi connectivity index (χ0) is 13.9. The second-order valence-electron chi connectivity index (χ2n) is 4.51. The molecule has 1 aromatic heterocycles. The second kappa shape index (κ2) is 5.13. The summed E-state index contributed by atoms with van der Waals surface area (Å²) in [6.45, 7) is 2.02. The standard InChI is InChI=1S/C15H14N4O/c1-11(20)12-6-2-3-7-13(12)16-10-19-15-9-5-4-8-14(15)17-18-19/h2-9,16H,10H2,1H3. The number of nitrogens with zero attached hydrogens (tertiary/aromatic N) is 3. The van der Waals surface area contributed by atoms with Gasteiger partial charge in [0.25, 0.3) is 0 Å². The number of hydrogen-bond donors (Lipinski definition) is 1. The van der Waals surface area contributed by atoms with E-state index >= 15 is 0 Å². The van der Waals surface area contributed by atoms with Gasteiger partial charge in [-0.05, 0) is 31.2 Å². The van der Waals surface area contributed by atoms with Crippen molar-refractivity contribution in [1.82, 2.24) is 15.0 Å². The van der Waals surface area contributed by atoms with Crippen molar-refractivity contribution in [3.8, 4) is 0 Å². The lowest BCUT2D eigenvalue weighted by Gasteiger charge is -2.10. The Morgan fingerprint density at radius 1 is 1.15 bits per heavy atom. The Hall–Kier alpha value is -2.69. The van der Waals surface area contributed by atoms with Crippen LogP contribution >= 0.6 is 0 Å². The number of rotatable bonds is 4. The number of carbonyl (C=O) groups is 1. The zero-order valence-electron chi connectivity index (χ0n) is 11.1. The molecule has 0 atom stereocenters. The molecule has 1 heterocycles. The SMILES string of the molecule is CC(=O)c1ccccc1NCn1nnc2ccccc21. The lowest BCUT2D eigenvalue weighted by molar-refractivity contribution is 0.101. The van der Waals surface area contributed by atoms with Crippen molar-refractivity contribution < 1.29 is 4.79 Å². The van der Waals surface area contributed by atoms with Crippen LogP contribution in [0.2, 0.25) is 0 Å². The van der Waals surface area contributed by atoms with Crippen molar-refractivity contribution >= 4 is 22.5 Å². The molecule has 0 aliphatic heterocycles. The second-order valence-corrected chi connectivity index (χ2v) is 4.51. The van der Waals surface area contributed by atoms with Gasteiger partial charge in [-0.1, -0.05) is 29.5 Å². The number of hydrogen-bond acceptors (Lipinski definition) is 4. The van der Waals surface area contributed by atoms with E-state index in [-0.39, 0.29) is 5.78 Å². The number of Topliss-reactive ketones (excluding diaryl/α,β-unsaturated/α-hetero) is 1. The molecular formula is C15H14N4O. The minimum atomic E-state index is 0.0385. The van der Waals surface area contributed by atoms with Crippen LogP contribution in [0, 0.1) is 0 Å². The van der Waals surface area contributed by atoms with Crippen LogP contribution in [-0.4, -0.2) is 20.8 Å². The van der Waals surface area contributed by atoms with E-state index in [0.29, 0.717) is 12.2 Å². The molecule has 0 bridgehead atoms. The molecule has 3 rings (SSSR count). The van der Waals surface area contributed by atoms with Crippen LogP contribution in [0.1, 0.15) is 17.3 Å². The van der Waals surface area contributed by atoms with Crippen molar-refractivity contribution in [3.63, 3.8) is 0 Å². The van der Waals surface area contributed by atoms with E-state index < -0.39 is 0 Å². The van der Waals surface area contributed by atoms with Crippen LogP contribution in [0.25, 0.3) is 11.0 Å². The Balaban J connectivity index is 1.85. The molecule has 3 aromatic rings. The highest BCUT2D eigenvalue weighted by Crippen LogP contribution is 2.16. The number of aromatic nitrogens is 3. The minimum absolute atomic E-state index is 0.0385. The number of benzene rings is 2. The maximum Gasteiger partial charge on any atom is 0.161 e. The average molecular weight is 266 g/mol. The number of para-hydroxylation sites is 2. The van der Waals surface area contributed by atoms with Gasteiger partial charge in [-0.3, -0.25) is 4.79 Å². The fourth-order valence-electron chi connectivity index (χ4n) is 2.14. The fraction of sp³-hybridized carbons (Fsp3) is 0.133. The Morgan fingerprint density at radius 2 is 1.90 bits per heavy atom. The minimum Gasteiger partial charge on any atom is -0.366 e. The van der Waals surface area contributed by atoms with Gasteiger partial charge in [-0.25, -0.2) is 4.68 Å². The van der Waals surface area contributed by atoms with Crippen molar-refractivity contribution in [3.05, 3.63) is 54.1 Å². The first-order valence-electron chi connectivity index (χ1n) is 6.38. The molecule has 0 amide bonds. The summed E-state index contributed by atoms with van der Waals surface area (Å²) >= 11 is 0. The van der Waals surface area contributed by atoms with E-state index in [1.165, 1.54) is 0 Å². The Kier molecular flexibility index (Phi) is 3.16. The molecule has 2 aromatic carbocycles. The summed E-state index contributed by atoms with van der Waals surface area (Å²) in [5.74, 6) is 0.0385. The third kappa shape index (κ3) is 2.25. The number of ketones is 1. The summed E-state index contributed by atoms with van der Waals surface area (Å²) in [7, 11) is 0. The number of fused-ring (bicyclic) bond motifs is 1. The molecule has 5 heteroatoms. The molecule has 100 valence electrons. The summed E-state index contributed by atoms with van der Waals surface area (Å²) in [6.07, 6.45) is 0. The molecule has 0 aliphatic carbocycles. The van der Waals surface area contributed by atoms with Crippen molar-refractivity contribution in [2.75, 3.05) is 5.32 Å². The van der Waals surface area contributed by atoms with E-state index in [1.807, 2.05) is 48.5 Å². The van der Waals surface area contributed by atoms with Crippen molar-refractivity contribution in [1.29, 1.82) is 0 Å². The average Bonchev–Trinajstić information content (AvgIpc) is 2.88. The molecule has 0 fully saturated rings. The van der Waals surface area contributed by atoms with Crippen LogP contribution < -0.4 is 5.32 Å². The van der Waals surface area contributed by atoms with Crippen LogP contribution in [0.4, 0.5) is 5.69 Å². The molecular weight excluding hydrogens is 252 g/mol. The van der Waals surface area contributed by atoms with E-state index in [0.717, 1.165) is 16.7 Å². The Morgan fingerprint density at radius 3 is 2.75 bits per heavy atom. The lowest BCUT2D eigenvalue weighted by atomic mass is 10.1. The Bertz CT molecular complexity index is 763. The quantitative estimate of drug-likeness (QED) is 0.738. The van der Waals surface area contributed by atoms with Crippen LogP contribution in [0.5, 0.6) is 0 Å². The van der Waals surface area contributed by atoms with Crippen LogP contribution in [0.15, 0.2) is 48.5 Å². The van der Waals surface area contributed by atoms with Crippen LogP contribution in [0.3, 0.4) is 0 Å². The summed E-state index contributed by atoms with van der Waals surface area (Å²) in [6, 6.07) is 15.2. The maximum atomic E-state index is 11.6. The van der Waals surface area contributed by atoms with Gasteiger partial charge >= 0.3 is 0 Å². The molecule has 20 heavy (non-hydrogen) atoms. The zero-order valence-corrected chi connectivity index (χ0v) is 11.1. The van der Waals surface area contributed by atoms with E-state index in [4.69, 9.17) is 0 Å². The van der Waals surface area contributed by atoms with E-state index in [1.54, 1.807) is 11.6 Å². The summed E-state index contributed by atoms with van der Waals surface area (Å²) in [4.78, 5) is 11.6. The van der Waals surface area contributed by atoms with Gasteiger partial charge in [0.2, 0.25) is 0 Å². The molecule has 0 saturated carbocycles. The van der Waals surface area contributed by atoms with Gasteiger partial charge in [-0.2, -0.15) is 0 Å². The third-order valence-corrected chi connectivity index (χ3v) is 3.15. The first-order valence-corrected chi connectivity index (χ1v) is 6.38. The predicted molar refractivity (Wildman–Crippen MR) is 77.6 cm³/mol. The molecule has 0 aliphatic rings. The molecule has 0 saturated heterocycles. The smallest absolute Gasteiger partial charge is 0.161 e. The van der Waals surface area contributed by atoms with Gasteiger partial charge in [0, 0.05) is 11.3 Å². The van der Waals surface area contributed by atoms with Gasteiger partial charge in [0.15, 0.2) is 5.78 Å². The van der Waals surface area contributed by atoms with E-state index in [9.17, 15) is 4.79 Å². The summed E-state index contributed by atoms with van der Waals surface area (Å²) in [5, 5.41) is 11.4. The summed E-state index contributed by atoms with van der Waals surface area (Å²) in [5.41, 5.74) is 3.30. The molecule has 0 radical (unpaired) electrons. The number of nitrogens with one attached hydrogen (secondary N) is 1. The molecule has 1 N–H and O–H groups in total. The summed E-state index contributed by atoms with van der Waals surface area (Å²) < 4.78 is 1.77. The van der Waals surface area contributed by atoms with Gasteiger partial charge in [0.05, 0.1) is 5.52 Å². The maximum absolute atomic E-state index is 11.6. The predicted octanol–water partition coefficient (Wildman–Crippen LogP) is 2.70. The van der Waals surface area contributed by atoms with Gasteiger partial charge in [-0.15, -0.1) is 5.10 Å². The van der Waals surface area contributed by atoms with Crippen molar-refractivity contribution in [2.45, 2.75) is 13.6 Å². The van der Waals surface area contributed by atoms with E-state index in [2.05, 4.69) is 15.6 Å². The van der Waals surface area contributed by atoms with Gasteiger partial charge in [0.1, 0.15) is 12.2 Å². The fourth-order valence-corrected chi connectivity index (χ4v) is 2.14. The van der Waals surface area contributed by atoms with Crippen LogP contribution in [-0.2, 0) is 6.67 Å². The number of carbonyl (C=O) groups excluding carboxylic acids is 1. The molecule has 5 nitrogen and oxygen atoms in total. The molecule has 0 spiro atoms. The molecule has 0 unspecified atom stereocenters.